The lowest BCUT2D eigenvalue weighted by Crippen LogP contribution is -2.20. The number of hydrogen-bond acceptors (Lipinski definition) is 5. The van der Waals surface area contributed by atoms with Crippen LogP contribution in [-0.4, -0.2) is 23.1 Å². The number of nitrogens with two attached hydrogens (primary N) is 1. The first-order valence-electron chi connectivity index (χ1n) is 6.60. The van der Waals surface area contributed by atoms with Gasteiger partial charge in [0.1, 0.15) is 0 Å². The van der Waals surface area contributed by atoms with E-state index in [4.69, 9.17) is 10.5 Å². The largest absolute Gasteiger partial charge is 0.475 e. The molecule has 0 spiro atoms. The van der Waals surface area contributed by atoms with Crippen LogP contribution in [0, 0.1) is 0 Å². The van der Waals surface area contributed by atoms with E-state index in [9.17, 15) is 0 Å². The van der Waals surface area contributed by atoms with E-state index in [-0.39, 0.29) is 6.10 Å². The maximum absolute atomic E-state index is 5.95. The molecule has 5 heteroatoms. The van der Waals surface area contributed by atoms with Gasteiger partial charge in [0.15, 0.2) is 0 Å². The van der Waals surface area contributed by atoms with Gasteiger partial charge in [-0.1, -0.05) is 18.2 Å². The quantitative estimate of drug-likeness (QED) is 0.847. The highest BCUT2D eigenvalue weighted by Crippen LogP contribution is 2.17. The summed E-state index contributed by atoms with van der Waals surface area (Å²) in [5.41, 5.74) is 7.77. The zero-order valence-corrected chi connectivity index (χ0v) is 12.1. The number of benzene rings is 1. The van der Waals surface area contributed by atoms with Crippen LogP contribution >= 0.6 is 0 Å². The zero-order chi connectivity index (χ0) is 14.5. The van der Waals surface area contributed by atoms with Gasteiger partial charge >= 0.3 is 0 Å². The van der Waals surface area contributed by atoms with Crippen LogP contribution in [0.15, 0.2) is 36.5 Å². The Morgan fingerprint density at radius 1 is 1.25 bits per heavy atom. The highest BCUT2D eigenvalue weighted by Gasteiger charge is 2.09. The van der Waals surface area contributed by atoms with Crippen molar-refractivity contribution < 1.29 is 4.74 Å². The molecule has 1 aromatic heterocycles. The van der Waals surface area contributed by atoms with E-state index in [1.54, 1.807) is 12.3 Å². The lowest BCUT2D eigenvalue weighted by atomic mass is 10.2. The average Bonchev–Trinajstić information content (AvgIpc) is 2.41. The molecule has 0 saturated heterocycles. The molecule has 0 aliphatic carbocycles. The van der Waals surface area contributed by atoms with Gasteiger partial charge in [-0.15, -0.1) is 0 Å². The van der Waals surface area contributed by atoms with Gasteiger partial charge in [-0.05, 0) is 25.5 Å². The summed E-state index contributed by atoms with van der Waals surface area (Å²) in [7, 11) is 1.93. The summed E-state index contributed by atoms with van der Waals surface area (Å²) in [6, 6.07) is 9.54. The average molecular weight is 272 g/mol. The van der Waals surface area contributed by atoms with Crippen molar-refractivity contribution in [2.24, 2.45) is 0 Å². The molecule has 0 fully saturated rings. The number of para-hydroxylation sites is 1. The molecule has 5 nitrogen and oxygen atoms in total. The van der Waals surface area contributed by atoms with Gasteiger partial charge in [-0.25, -0.2) is 4.98 Å². The molecule has 0 bridgehead atoms. The maximum Gasteiger partial charge on any atom is 0.228 e. The predicted molar refractivity (Wildman–Crippen MR) is 80.8 cm³/mol. The summed E-state index contributed by atoms with van der Waals surface area (Å²) in [6.45, 7) is 4.59. The van der Waals surface area contributed by atoms with Gasteiger partial charge in [0.25, 0.3) is 0 Å². The van der Waals surface area contributed by atoms with E-state index in [1.807, 2.05) is 50.1 Å². The van der Waals surface area contributed by atoms with Gasteiger partial charge in [-0.3, -0.25) is 0 Å². The van der Waals surface area contributed by atoms with Gasteiger partial charge < -0.3 is 15.4 Å². The number of hydrogen-bond donors (Lipinski definition) is 1. The topological polar surface area (TPSA) is 64.3 Å². The SMILES string of the molecule is CC(C)Oc1ccnc(N(C)Cc2ccccc2N)n1. The summed E-state index contributed by atoms with van der Waals surface area (Å²) in [6.07, 6.45) is 1.79. The van der Waals surface area contributed by atoms with Crippen molar-refractivity contribution in [3.63, 3.8) is 0 Å². The molecular weight excluding hydrogens is 252 g/mol. The molecule has 0 atom stereocenters. The number of nitrogens with zero attached hydrogens (tertiary/aromatic N) is 3. The van der Waals surface area contributed by atoms with E-state index in [0.29, 0.717) is 18.4 Å². The summed E-state index contributed by atoms with van der Waals surface area (Å²) >= 11 is 0. The van der Waals surface area contributed by atoms with Gasteiger partial charge in [-0.2, -0.15) is 4.98 Å². The van der Waals surface area contributed by atoms with Crippen LogP contribution in [0.3, 0.4) is 0 Å². The Hall–Kier alpha value is -2.30. The first kappa shape index (κ1) is 14.1. The van der Waals surface area contributed by atoms with Gasteiger partial charge in [0.05, 0.1) is 6.10 Å². The Bertz CT molecular complexity index is 571. The first-order chi connectivity index (χ1) is 9.56. The molecule has 0 aliphatic heterocycles. The Balaban J connectivity index is 2.13. The summed E-state index contributed by atoms with van der Waals surface area (Å²) in [5.74, 6) is 1.20. The minimum absolute atomic E-state index is 0.0906. The van der Waals surface area contributed by atoms with E-state index in [2.05, 4.69) is 9.97 Å². The van der Waals surface area contributed by atoms with Crippen molar-refractivity contribution in [2.75, 3.05) is 17.7 Å². The number of rotatable bonds is 5. The summed E-state index contributed by atoms with van der Waals surface area (Å²) in [4.78, 5) is 10.6. The molecule has 2 rings (SSSR count). The van der Waals surface area contributed by atoms with E-state index in [1.165, 1.54) is 0 Å². The van der Waals surface area contributed by atoms with Crippen LogP contribution in [0.1, 0.15) is 19.4 Å². The van der Waals surface area contributed by atoms with E-state index in [0.717, 1.165) is 11.3 Å². The minimum atomic E-state index is 0.0906. The smallest absolute Gasteiger partial charge is 0.228 e. The standard InChI is InChI=1S/C15H20N4O/c1-11(2)20-14-8-9-17-15(18-14)19(3)10-12-6-4-5-7-13(12)16/h4-9,11H,10,16H2,1-3H3. The molecule has 2 N–H and O–H groups in total. The molecular formula is C15H20N4O. The van der Waals surface area contributed by atoms with E-state index < -0.39 is 0 Å². The number of nitrogen functional groups attached to an aromatic ring is 1. The van der Waals surface area contributed by atoms with Crippen molar-refractivity contribution in [3.8, 4) is 5.88 Å². The Labute approximate surface area is 119 Å². The Morgan fingerprint density at radius 3 is 2.70 bits per heavy atom. The Kier molecular flexibility index (Phi) is 4.40. The molecule has 20 heavy (non-hydrogen) atoms. The molecule has 0 saturated carbocycles. The molecule has 0 amide bonds. The third-order valence-corrected chi connectivity index (χ3v) is 2.78. The van der Waals surface area contributed by atoms with Crippen LogP contribution in [0.4, 0.5) is 11.6 Å². The van der Waals surface area contributed by atoms with Crippen LogP contribution in [-0.2, 0) is 6.54 Å². The summed E-state index contributed by atoms with van der Waals surface area (Å²) in [5, 5.41) is 0. The molecule has 1 aromatic carbocycles. The van der Waals surface area contributed by atoms with Crippen molar-refractivity contribution in [1.82, 2.24) is 9.97 Å². The molecule has 0 aliphatic rings. The second-order valence-electron chi connectivity index (χ2n) is 4.92. The second-order valence-corrected chi connectivity index (χ2v) is 4.92. The predicted octanol–water partition coefficient (Wildman–Crippen LogP) is 2.48. The maximum atomic E-state index is 5.95. The van der Waals surface area contributed by atoms with Crippen molar-refractivity contribution in [3.05, 3.63) is 42.1 Å². The molecule has 2 aromatic rings. The minimum Gasteiger partial charge on any atom is -0.475 e. The van der Waals surface area contributed by atoms with Crippen LogP contribution in [0.25, 0.3) is 0 Å². The highest BCUT2D eigenvalue weighted by atomic mass is 16.5. The van der Waals surface area contributed by atoms with Crippen LogP contribution in [0.5, 0.6) is 5.88 Å². The van der Waals surface area contributed by atoms with Crippen molar-refractivity contribution in [2.45, 2.75) is 26.5 Å². The summed E-state index contributed by atoms with van der Waals surface area (Å²) < 4.78 is 5.58. The number of aromatic nitrogens is 2. The van der Waals surface area contributed by atoms with Gasteiger partial charge in [0, 0.05) is 31.5 Å². The van der Waals surface area contributed by atoms with Crippen molar-refractivity contribution in [1.29, 1.82) is 0 Å². The second kappa shape index (κ2) is 6.23. The molecule has 0 unspecified atom stereocenters. The number of ether oxygens (including phenoxy) is 1. The first-order valence-corrected chi connectivity index (χ1v) is 6.60. The Morgan fingerprint density at radius 2 is 2.00 bits per heavy atom. The van der Waals surface area contributed by atoms with Crippen molar-refractivity contribution >= 4 is 11.6 Å². The lowest BCUT2D eigenvalue weighted by molar-refractivity contribution is 0.232. The van der Waals surface area contributed by atoms with Crippen LogP contribution < -0.4 is 15.4 Å². The number of anilines is 2. The monoisotopic (exact) mass is 272 g/mol. The van der Waals surface area contributed by atoms with Gasteiger partial charge in [0.2, 0.25) is 11.8 Å². The fraction of sp³-hybridized carbons (Fsp3) is 0.333. The molecule has 106 valence electrons. The molecule has 1 heterocycles. The van der Waals surface area contributed by atoms with E-state index >= 15 is 0 Å². The molecule has 0 radical (unpaired) electrons. The normalized spacial score (nSPS) is 10.6. The zero-order valence-electron chi connectivity index (χ0n) is 12.1. The van der Waals surface area contributed by atoms with Crippen LogP contribution in [0.2, 0.25) is 0 Å². The third kappa shape index (κ3) is 3.60. The fourth-order valence-corrected chi connectivity index (χ4v) is 1.83. The third-order valence-electron chi connectivity index (χ3n) is 2.78. The lowest BCUT2D eigenvalue weighted by Gasteiger charge is -2.19. The highest BCUT2D eigenvalue weighted by molar-refractivity contribution is 5.48. The fourth-order valence-electron chi connectivity index (χ4n) is 1.83.